The molecule has 15 aliphatic rings. The smallest absolute Gasteiger partial charge is 0.0427 e. The van der Waals surface area contributed by atoms with Gasteiger partial charge in [-0.05, 0) is 246 Å². The fourth-order valence-electron chi connectivity index (χ4n) is 25.8. The minimum absolute atomic E-state index is 0.676. The largest absolute Gasteiger partial charge is 0.294 e. The van der Waals surface area contributed by atoms with Crippen LogP contribution in [0.3, 0.4) is 0 Å². The van der Waals surface area contributed by atoms with Crippen LogP contribution >= 0.6 is 0 Å². The molecule has 15 fully saturated rings. The van der Waals surface area contributed by atoms with E-state index in [4.69, 9.17) is 0 Å². The van der Waals surface area contributed by atoms with Gasteiger partial charge in [0.25, 0.3) is 0 Å². The first-order chi connectivity index (χ1) is 39.2. The first-order valence-electron chi connectivity index (χ1n) is 37.6. The summed E-state index contributed by atoms with van der Waals surface area (Å²) in [5.74, 6) is 7.85. The number of hydrazine groups is 2. The summed E-state index contributed by atoms with van der Waals surface area (Å²) in [6, 6.07) is 13.0. The first-order valence-corrected chi connectivity index (χ1v) is 37.6. The molecule has 0 aromatic heterocycles. The second kappa shape index (κ2) is 25.2. The van der Waals surface area contributed by atoms with Crippen LogP contribution in [0.25, 0.3) is 0 Å². The fraction of sp³-hybridized carbons (Fsp3) is 1.00. The molecule has 446 valence electrons. The van der Waals surface area contributed by atoms with Crippen LogP contribution in [0.15, 0.2) is 0 Å². The average Bonchev–Trinajstić information content (AvgIpc) is 4.43. The van der Waals surface area contributed by atoms with Crippen LogP contribution in [0.2, 0.25) is 0 Å². The lowest BCUT2D eigenvalue weighted by molar-refractivity contribution is -0.0211. The molecule has 14 unspecified atom stereocenters. The molecule has 3 heterocycles. The molecule has 3 aliphatic heterocycles. The summed E-state index contributed by atoms with van der Waals surface area (Å²) < 4.78 is 0. The second-order valence-corrected chi connectivity index (χ2v) is 32.5. The molecule has 0 aromatic rings. The summed E-state index contributed by atoms with van der Waals surface area (Å²) in [6.45, 7) is 0. The van der Waals surface area contributed by atoms with Crippen molar-refractivity contribution in [3.05, 3.63) is 0 Å². The third-order valence-electron chi connectivity index (χ3n) is 29.0. The zero-order valence-electron chi connectivity index (χ0n) is 51.2. The molecule has 3 saturated heterocycles. The Morgan fingerprint density at radius 3 is 1.04 bits per heavy atom. The highest BCUT2D eigenvalue weighted by Gasteiger charge is 2.57. The number of likely N-dealkylation sites (tertiary alicyclic amines) is 2. The third-order valence-corrected chi connectivity index (χ3v) is 29.0. The molecule has 12 aliphatic carbocycles. The summed E-state index contributed by atoms with van der Waals surface area (Å²) in [5, 5.41) is 2.90. The summed E-state index contributed by atoms with van der Waals surface area (Å²) in [5.41, 5.74) is 7.87. The lowest BCUT2D eigenvalue weighted by Crippen LogP contribution is -2.55. The van der Waals surface area contributed by atoms with Gasteiger partial charge in [0, 0.05) is 90.6 Å². The zero-order chi connectivity index (χ0) is 52.2. The van der Waals surface area contributed by atoms with Crippen molar-refractivity contribution in [3.63, 3.8) is 0 Å². The topological polar surface area (TPSA) is 40.3 Å². The molecule has 0 spiro atoms. The number of nitrogens with zero attached hydrogens (tertiary/aromatic N) is 5. The maximum absolute atomic E-state index is 3.97. The van der Waals surface area contributed by atoms with Gasteiger partial charge in [0.15, 0.2) is 0 Å². The number of hydrogen-bond donors (Lipinski definition) is 2. The van der Waals surface area contributed by atoms with Gasteiger partial charge in [0.05, 0.1) is 0 Å². The van der Waals surface area contributed by atoms with E-state index in [2.05, 4.69) is 35.6 Å². The molecule has 0 amide bonds. The summed E-state index contributed by atoms with van der Waals surface area (Å²) in [7, 11) is 0. The molecule has 0 bridgehead atoms. The first kappa shape index (κ1) is 55.3. The minimum Gasteiger partial charge on any atom is -0.294 e. The third kappa shape index (κ3) is 11.2. The molecule has 0 aromatic carbocycles. The van der Waals surface area contributed by atoms with E-state index in [1.807, 2.05) is 0 Å². The highest BCUT2D eigenvalue weighted by atomic mass is 15.7. The Hall–Kier alpha value is -0.280. The average molecular weight is 1090 g/mol. The standard InChI is InChI=1S/C72H123N7/c1-5-19-54(20-6-1)75(55-21-7-2-8-22-55)60-41-43-70-65(48-60)63-27-13-16-30-68(63)77(70)58-37-33-50(34-38-58)52-45-53(47-62(46-52)79-72-32-18-15-29-67(72)73-74-79)51-35-39-59(40-36-51)78-69-31-17-14-28-64(69)66-49-61(42-44-71(66)78)76(56-23-9-3-10-24-56)57-25-11-4-12-26-57/h50-74H,1-49H2. The lowest BCUT2D eigenvalue weighted by Gasteiger charge is -2.51. The van der Waals surface area contributed by atoms with Gasteiger partial charge in [0.2, 0.25) is 0 Å². The molecule has 7 nitrogen and oxygen atoms in total. The molecule has 14 atom stereocenters. The quantitative estimate of drug-likeness (QED) is 0.214. The van der Waals surface area contributed by atoms with Crippen molar-refractivity contribution >= 4 is 0 Å². The number of nitrogens with one attached hydrogen (secondary N) is 2. The highest BCUT2D eigenvalue weighted by molar-refractivity contribution is 5.11. The van der Waals surface area contributed by atoms with Crippen molar-refractivity contribution < 1.29 is 0 Å². The van der Waals surface area contributed by atoms with Crippen molar-refractivity contribution in [3.8, 4) is 0 Å². The van der Waals surface area contributed by atoms with E-state index in [0.29, 0.717) is 6.04 Å². The van der Waals surface area contributed by atoms with Crippen LogP contribution in [0.4, 0.5) is 0 Å². The molecule has 7 heteroatoms. The van der Waals surface area contributed by atoms with Crippen LogP contribution in [0.5, 0.6) is 0 Å². The SMILES string of the molecule is C1CCC(N(C2CCCCC2)C2CCC3C(C2)C2CCCCC2N3C2CCC(C3CC(C4CCC(N5C6CCCCC6C6CC(N(C7CCCCC7)C7CCCCC7)CCC65)CC4)CC(N4NNC5CCCCC54)C3)CC2)CC1. The van der Waals surface area contributed by atoms with Crippen molar-refractivity contribution in [1.29, 1.82) is 0 Å². The molecular formula is C72H123N7. The second-order valence-electron chi connectivity index (χ2n) is 32.5. The molecule has 12 saturated carbocycles. The fourth-order valence-corrected chi connectivity index (χ4v) is 25.8. The van der Waals surface area contributed by atoms with Gasteiger partial charge in [-0.3, -0.25) is 19.6 Å². The van der Waals surface area contributed by atoms with Crippen molar-refractivity contribution in [2.45, 2.75) is 405 Å². The predicted octanol–water partition coefficient (Wildman–Crippen LogP) is 16.3. The van der Waals surface area contributed by atoms with Gasteiger partial charge in [-0.1, -0.05) is 116 Å². The van der Waals surface area contributed by atoms with E-state index in [0.717, 1.165) is 132 Å². The minimum atomic E-state index is 0.676. The van der Waals surface area contributed by atoms with E-state index >= 15 is 0 Å². The highest BCUT2D eigenvalue weighted by Crippen LogP contribution is 2.57. The maximum atomic E-state index is 3.97. The Labute approximate surface area is 485 Å². The Balaban J connectivity index is 0.613. The normalized spacial score (nSPS) is 46.9. The monoisotopic (exact) mass is 1090 g/mol. The van der Waals surface area contributed by atoms with Gasteiger partial charge in [-0.25, -0.2) is 10.4 Å². The van der Waals surface area contributed by atoms with Crippen LogP contribution in [0.1, 0.15) is 315 Å². The Morgan fingerprint density at radius 1 is 0.241 bits per heavy atom. The van der Waals surface area contributed by atoms with Gasteiger partial charge in [0.1, 0.15) is 0 Å². The molecule has 79 heavy (non-hydrogen) atoms. The molecule has 2 N–H and O–H groups in total. The molecular weight excluding hydrogens is 963 g/mol. The number of fused-ring (bicyclic) bond motifs is 7. The van der Waals surface area contributed by atoms with Gasteiger partial charge < -0.3 is 0 Å². The number of rotatable bonds is 11. The van der Waals surface area contributed by atoms with Crippen LogP contribution in [0, 0.1) is 47.3 Å². The van der Waals surface area contributed by atoms with Crippen molar-refractivity contribution in [2.75, 3.05) is 0 Å². The molecule has 0 radical (unpaired) electrons. The van der Waals surface area contributed by atoms with Crippen LogP contribution < -0.4 is 11.0 Å². The maximum Gasteiger partial charge on any atom is 0.0427 e. The van der Waals surface area contributed by atoms with Crippen LogP contribution in [-0.4, -0.2) is 115 Å². The van der Waals surface area contributed by atoms with Crippen molar-refractivity contribution in [1.82, 2.24) is 35.6 Å². The zero-order valence-corrected chi connectivity index (χ0v) is 51.2. The van der Waals surface area contributed by atoms with Gasteiger partial charge in [-0.2, -0.15) is 5.53 Å². The van der Waals surface area contributed by atoms with E-state index in [-0.39, 0.29) is 0 Å². The Bertz CT molecular complexity index is 1750. The summed E-state index contributed by atoms with van der Waals surface area (Å²) in [6.07, 6.45) is 74.2. The van der Waals surface area contributed by atoms with Crippen molar-refractivity contribution in [2.24, 2.45) is 47.3 Å². The lowest BCUT2D eigenvalue weighted by atomic mass is 9.63. The van der Waals surface area contributed by atoms with Gasteiger partial charge in [-0.15, -0.1) is 0 Å². The van der Waals surface area contributed by atoms with Crippen LogP contribution in [-0.2, 0) is 0 Å². The Morgan fingerprint density at radius 2 is 0.608 bits per heavy atom. The summed E-state index contributed by atoms with van der Waals surface area (Å²) >= 11 is 0. The van der Waals surface area contributed by atoms with E-state index in [1.54, 1.807) is 57.8 Å². The summed E-state index contributed by atoms with van der Waals surface area (Å²) in [4.78, 5) is 13.4. The van der Waals surface area contributed by atoms with Gasteiger partial charge >= 0.3 is 0 Å². The van der Waals surface area contributed by atoms with E-state index < -0.39 is 0 Å². The number of hydrogen-bond acceptors (Lipinski definition) is 7. The molecule has 15 rings (SSSR count). The van der Waals surface area contributed by atoms with E-state index in [1.165, 1.54) is 257 Å². The van der Waals surface area contributed by atoms with E-state index in [9.17, 15) is 0 Å². The predicted molar refractivity (Wildman–Crippen MR) is 326 cm³/mol. The Kier molecular flexibility index (Phi) is 17.6.